The van der Waals surface area contributed by atoms with Crippen molar-refractivity contribution in [3.05, 3.63) is 48.0 Å². The number of carbonyl (C=O) groups is 1. The molecule has 3 rings (SSSR count). The summed E-state index contributed by atoms with van der Waals surface area (Å²) in [5.41, 5.74) is 0.828. The first kappa shape index (κ1) is 26.8. The zero-order valence-electron chi connectivity index (χ0n) is 21.0. The van der Waals surface area contributed by atoms with E-state index in [4.69, 9.17) is 14.2 Å². The summed E-state index contributed by atoms with van der Waals surface area (Å²) in [6, 6.07) is 11.3. The third-order valence-corrected chi connectivity index (χ3v) is 8.22. The number of rotatable bonds is 11. The third-order valence-electron chi connectivity index (χ3n) is 6.31. The molecule has 0 unspecified atom stereocenters. The maximum absolute atomic E-state index is 13.6. The number of benzene rings is 2. The molecule has 1 aliphatic carbocycles. The van der Waals surface area contributed by atoms with Crippen molar-refractivity contribution in [1.82, 2.24) is 9.62 Å². The zero-order chi connectivity index (χ0) is 25.4. The smallest absolute Gasteiger partial charge is 0.243 e. The lowest BCUT2D eigenvalue weighted by Gasteiger charge is -2.33. The number of hydrogen-bond donors (Lipinski definition) is 1. The van der Waals surface area contributed by atoms with Gasteiger partial charge in [0.05, 0.1) is 38.3 Å². The van der Waals surface area contributed by atoms with Crippen LogP contribution in [0.1, 0.15) is 57.6 Å². The number of nitrogens with one attached hydrogen (secondary N) is 1. The van der Waals surface area contributed by atoms with E-state index in [1.54, 1.807) is 50.6 Å². The van der Waals surface area contributed by atoms with Crippen molar-refractivity contribution in [3.8, 4) is 17.2 Å². The highest BCUT2D eigenvalue weighted by Crippen LogP contribution is 2.31. The van der Waals surface area contributed by atoms with E-state index >= 15 is 0 Å². The van der Waals surface area contributed by atoms with Crippen LogP contribution in [0, 0.1) is 0 Å². The van der Waals surface area contributed by atoms with E-state index in [0.717, 1.165) is 37.7 Å². The first-order valence-electron chi connectivity index (χ1n) is 12.1. The van der Waals surface area contributed by atoms with Crippen molar-refractivity contribution < 1.29 is 27.4 Å². The molecular weight excluding hydrogens is 468 g/mol. The Kier molecular flexibility index (Phi) is 9.40. The van der Waals surface area contributed by atoms with Crippen molar-refractivity contribution >= 4 is 15.9 Å². The molecule has 0 radical (unpaired) electrons. The number of sulfonamides is 1. The Bertz CT molecular complexity index is 1080. The van der Waals surface area contributed by atoms with Crippen LogP contribution < -0.4 is 19.5 Å². The Morgan fingerprint density at radius 3 is 2.29 bits per heavy atom. The molecule has 0 heterocycles. The lowest BCUT2D eigenvalue weighted by molar-refractivity contribution is -0.122. The molecule has 1 aliphatic rings. The van der Waals surface area contributed by atoms with Gasteiger partial charge in [0.25, 0.3) is 0 Å². The normalized spacial score (nSPS) is 15.5. The van der Waals surface area contributed by atoms with Gasteiger partial charge in [-0.25, -0.2) is 8.42 Å². The van der Waals surface area contributed by atoms with E-state index in [0.29, 0.717) is 23.9 Å². The van der Waals surface area contributed by atoms with Crippen LogP contribution in [0.25, 0.3) is 0 Å². The largest absolute Gasteiger partial charge is 0.494 e. The zero-order valence-corrected chi connectivity index (χ0v) is 21.8. The summed E-state index contributed by atoms with van der Waals surface area (Å²) in [6.45, 7) is 3.98. The molecule has 192 valence electrons. The first-order valence-corrected chi connectivity index (χ1v) is 13.5. The summed E-state index contributed by atoms with van der Waals surface area (Å²) >= 11 is 0. The van der Waals surface area contributed by atoms with Gasteiger partial charge in [-0.3, -0.25) is 4.79 Å². The van der Waals surface area contributed by atoms with E-state index in [2.05, 4.69) is 5.32 Å². The van der Waals surface area contributed by atoms with Gasteiger partial charge >= 0.3 is 0 Å². The minimum Gasteiger partial charge on any atom is -0.494 e. The second-order valence-corrected chi connectivity index (χ2v) is 10.5. The van der Waals surface area contributed by atoms with Gasteiger partial charge in [-0.2, -0.15) is 4.31 Å². The Labute approximate surface area is 208 Å². The SMILES string of the molecule is CCOc1ccc(S(=O)(=O)N(CC(=O)N[C@@H](C)c2ccc(OC)c(OC)c2)C2CCCCC2)cc1. The van der Waals surface area contributed by atoms with Crippen LogP contribution >= 0.6 is 0 Å². The molecule has 1 amide bonds. The monoisotopic (exact) mass is 504 g/mol. The van der Waals surface area contributed by atoms with E-state index in [-0.39, 0.29) is 29.4 Å². The van der Waals surface area contributed by atoms with Gasteiger partial charge in [0.1, 0.15) is 5.75 Å². The highest BCUT2D eigenvalue weighted by Gasteiger charge is 2.34. The minimum absolute atomic E-state index is 0.160. The van der Waals surface area contributed by atoms with Crippen LogP contribution in [0.3, 0.4) is 0 Å². The van der Waals surface area contributed by atoms with Gasteiger partial charge < -0.3 is 19.5 Å². The molecule has 35 heavy (non-hydrogen) atoms. The maximum atomic E-state index is 13.6. The molecule has 0 aromatic heterocycles. The summed E-state index contributed by atoms with van der Waals surface area (Å²) in [4.78, 5) is 13.2. The maximum Gasteiger partial charge on any atom is 0.243 e. The lowest BCUT2D eigenvalue weighted by atomic mass is 9.95. The number of nitrogens with zero attached hydrogens (tertiary/aromatic N) is 1. The third kappa shape index (κ3) is 6.67. The molecule has 9 heteroatoms. The molecule has 1 N–H and O–H groups in total. The highest BCUT2D eigenvalue weighted by atomic mass is 32.2. The quantitative estimate of drug-likeness (QED) is 0.490. The molecule has 1 saturated carbocycles. The van der Waals surface area contributed by atoms with Gasteiger partial charge in [0.15, 0.2) is 11.5 Å². The standard InChI is InChI=1S/C26H36N2O6S/c1-5-34-22-12-14-23(15-13-22)35(30,31)28(21-9-7-6-8-10-21)18-26(29)27-19(2)20-11-16-24(32-3)25(17-20)33-4/h11-17,19,21H,5-10,18H2,1-4H3,(H,27,29)/t19-/m0/s1. The molecular formula is C26H36N2O6S. The molecule has 1 atom stereocenters. The van der Waals surface area contributed by atoms with Gasteiger partial charge in [-0.05, 0) is 68.7 Å². The fourth-order valence-corrected chi connectivity index (χ4v) is 6.06. The number of hydrogen-bond acceptors (Lipinski definition) is 6. The highest BCUT2D eigenvalue weighted by molar-refractivity contribution is 7.89. The number of ether oxygens (including phenoxy) is 3. The fourth-order valence-electron chi connectivity index (χ4n) is 4.42. The van der Waals surface area contributed by atoms with Gasteiger partial charge in [-0.1, -0.05) is 25.3 Å². The van der Waals surface area contributed by atoms with Gasteiger partial charge in [0.2, 0.25) is 15.9 Å². The average molecular weight is 505 g/mol. The molecule has 0 bridgehead atoms. The lowest BCUT2D eigenvalue weighted by Crippen LogP contribution is -2.47. The minimum atomic E-state index is -3.87. The van der Waals surface area contributed by atoms with E-state index in [1.807, 2.05) is 19.9 Å². The second kappa shape index (κ2) is 12.3. The van der Waals surface area contributed by atoms with Crippen LogP contribution in [0.2, 0.25) is 0 Å². The summed E-state index contributed by atoms with van der Waals surface area (Å²) < 4.78 is 44.7. The first-order chi connectivity index (χ1) is 16.8. The fraction of sp³-hybridized carbons (Fsp3) is 0.500. The number of amides is 1. The van der Waals surface area contributed by atoms with Crippen molar-refractivity contribution in [2.75, 3.05) is 27.4 Å². The topological polar surface area (TPSA) is 94.2 Å². The summed E-state index contributed by atoms with van der Waals surface area (Å²) in [6.07, 6.45) is 4.47. The van der Waals surface area contributed by atoms with Crippen molar-refractivity contribution in [1.29, 1.82) is 0 Å². The summed E-state index contributed by atoms with van der Waals surface area (Å²) in [7, 11) is -0.750. The Morgan fingerprint density at radius 1 is 1.03 bits per heavy atom. The van der Waals surface area contributed by atoms with Crippen molar-refractivity contribution in [2.24, 2.45) is 0 Å². The number of methoxy groups -OCH3 is 2. The van der Waals surface area contributed by atoms with Gasteiger partial charge in [-0.15, -0.1) is 0 Å². The van der Waals surface area contributed by atoms with Crippen molar-refractivity contribution in [3.63, 3.8) is 0 Å². The molecule has 0 saturated heterocycles. The predicted octanol–water partition coefficient (Wildman–Crippen LogP) is 4.30. The molecule has 0 spiro atoms. The summed E-state index contributed by atoms with van der Waals surface area (Å²) in [5, 5.41) is 2.94. The Morgan fingerprint density at radius 2 is 1.69 bits per heavy atom. The molecule has 2 aromatic carbocycles. The van der Waals surface area contributed by atoms with E-state index in [1.165, 1.54) is 4.31 Å². The number of carbonyl (C=O) groups excluding carboxylic acids is 1. The van der Waals surface area contributed by atoms with Gasteiger partial charge in [0, 0.05) is 6.04 Å². The molecule has 1 fully saturated rings. The van der Waals surface area contributed by atoms with Crippen LogP contribution in [0.4, 0.5) is 0 Å². The Hall–Kier alpha value is -2.78. The summed E-state index contributed by atoms with van der Waals surface area (Å²) in [5.74, 6) is 1.41. The van der Waals surface area contributed by atoms with Crippen LogP contribution in [0.15, 0.2) is 47.4 Å². The van der Waals surface area contributed by atoms with Crippen LogP contribution in [-0.4, -0.2) is 52.0 Å². The van der Waals surface area contributed by atoms with Crippen LogP contribution in [-0.2, 0) is 14.8 Å². The molecule has 0 aliphatic heterocycles. The van der Waals surface area contributed by atoms with E-state index in [9.17, 15) is 13.2 Å². The van der Waals surface area contributed by atoms with E-state index < -0.39 is 10.0 Å². The van der Waals surface area contributed by atoms with Crippen molar-refractivity contribution in [2.45, 2.75) is 62.9 Å². The predicted molar refractivity (Wildman–Crippen MR) is 134 cm³/mol. The Balaban J connectivity index is 1.79. The molecule has 2 aromatic rings. The molecule has 8 nitrogen and oxygen atoms in total. The average Bonchev–Trinajstić information content (AvgIpc) is 2.87. The second-order valence-electron chi connectivity index (χ2n) is 8.65. The van der Waals surface area contributed by atoms with Crippen LogP contribution in [0.5, 0.6) is 17.2 Å².